The molecular weight excluding hydrogens is 212 g/mol. The minimum atomic E-state index is -0.000547. The Morgan fingerprint density at radius 1 is 1.24 bits per heavy atom. The molecule has 1 amide bonds. The van der Waals surface area contributed by atoms with E-state index < -0.39 is 0 Å². The second-order valence-electron chi connectivity index (χ2n) is 5.38. The van der Waals surface area contributed by atoms with Gasteiger partial charge in [0.15, 0.2) is 0 Å². The number of rotatable bonds is 5. The van der Waals surface area contributed by atoms with Crippen LogP contribution in [0.1, 0.15) is 66.2 Å². The van der Waals surface area contributed by atoms with E-state index in [-0.39, 0.29) is 17.5 Å². The van der Waals surface area contributed by atoms with Crippen molar-refractivity contribution >= 4 is 5.91 Å². The zero-order valence-corrected chi connectivity index (χ0v) is 11.8. The van der Waals surface area contributed by atoms with Crippen molar-refractivity contribution in [2.45, 2.75) is 83.8 Å². The summed E-state index contributed by atoms with van der Waals surface area (Å²) in [5.74, 6) is 0.196. The van der Waals surface area contributed by atoms with Crippen molar-refractivity contribution in [2.75, 3.05) is 0 Å². The monoisotopic (exact) mass is 240 g/mol. The first-order valence-electron chi connectivity index (χ1n) is 7.15. The largest absolute Gasteiger partial charge is 0.349 e. The number of hydrogen-bond donors (Lipinski definition) is 2. The molecule has 2 atom stereocenters. The molecule has 3 nitrogen and oxygen atoms in total. The van der Waals surface area contributed by atoms with Gasteiger partial charge in [-0.3, -0.25) is 4.79 Å². The van der Waals surface area contributed by atoms with Crippen LogP contribution in [0.5, 0.6) is 0 Å². The summed E-state index contributed by atoms with van der Waals surface area (Å²) < 4.78 is 0. The molecule has 2 N–H and O–H groups in total. The van der Waals surface area contributed by atoms with E-state index in [1.54, 1.807) is 0 Å². The van der Waals surface area contributed by atoms with Gasteiger partial charge in [-0.2, -0.15) is 0 Å². The van der Waals surface area contributed by atoms with Crippen molar-refractivity contribution in [3.8, 4) is 0 Å². The highest BCUT2D eigenvalue weighted by Crippen LogP contribution is 2.20. The van der Waals surface area contributed by atoms with Crippen molar-refractivity contribution in [1.29, 1.82) is 0 Å². The number of carbonyl (C=O) groups is 1. The van der Waals surface area contributed by atoms with Crippen LogP contribution in [0.25, 0.3) is 0 Å². The van der Waals surface area contributed by atoms with Crippen LogP contribution in [-0.4, -0.2) is 23.5 Å². The molecule has 1 fully saturated rings. The lowest BCUT2D eigenvalue weighted by Crippen LogP contribution is -2.56. The average Bonchev–Trinajstić information content (AvgIpc) is 2.36. The molecule has 0 radical (unpaired) electrons. The Morgan fingerprint density at radius 2 is 1.82 bits per heavy atom. The summed E-state index contributed by atoms with van der Waals surface area (Å²) in [4.78, 5) is 12.3. The van der Waals surface area contributed by atoms with E-state index in [0.29, 0.717) is 6.04 Å². The van der Waals surface area contributed by atoms with Crippen molar-refractivity contribution < 1.29 is 4.79 Å². The second kappa shape index (κ2) is 6.39. The molecule has 0 aromatic heterocycles. The third-order valence-corrected chi connectivity index (χ3v) is 4.35. The molecule has 0 spiro atoms. The van der Waals surface area contributed by atoms with Gasteiger partial charge in [0, 0.05) is 11.6 Å². The number of nitrogens with one attached hydrogen (secondary N) is 2. The third kappa shape index (κ3) is 3.70. The average molecular weight is 240 g/mol. The molecule has 3 heteroatoms. The highest BCUT2D eigenvalue weighted by atomic mass is 16.2. The fourth-order valence-electron chi connectivity index (χ4n) is 2.71. The summed E-state index contributed by atoms with van der Waals surface area (Å²) in [7, 11) is 0. The maximum absolute atomic E-state index is 12.3. The minimum Gasteiger partial charge on any atom is -0.349 e. The molecule has 0 aromatic rings. The van der Waals surface area contributed by atoms with Crippen molar-refractivity contribution in [2.24, 2.45) is 0 Å². The minimum absolute atomic E-state index is 0.000547. The van der Waals surface area contributed by atoms with Gasteiger partial charge in [0.05, 0.1) is 6.04 Å². The lowest BCUT2D eigenvalue weighted by atomic mass is 9.88. The van der Waals surface area contributed by atoms with E-state index in [0.717, 1.165) is 32.1 Å². The van der Waals surface area contributed by atoms with E-state index in [9.17, 15) is 4.79 Å². The standard InChI is InChI=1S/C14H28N2O/c1-5-14(6-2,7-3)16-13(17)12-10-8-9-11(4)15-12/h11-12,15H,5-10H2,1-4H3,(H,16,17). The zero-order valence-electron chi connectivity index (χ0n) is 11.8. The van der Waals surface area contributed by atoms with Crippen LogP contribution in [0, 0.1) is 0 Å². The molecule has 1 saturated heterocycles. The Morgan fingerprint density at radius 3 is 2.29 bits per heavy atom. The first-order valence-corrected chi connectivity index (χ1v) is 7.15. The lowest BCUT2D eigenvalue weighted by molar-refractivity contribution is -0.126. The predicted octanol–water partition coefficient (Wildman–Crippen LogP) is 2.60. The Hall–Kier alpha value is -0.570. The molecule has 0 saturated carbocycles. The molecule has 0 aliphatic carbocycles. The first-order chi connectivity index (χ1) is 8.06. The highest BCUT2D eigenvalue weighted by Gasteiger charge is 2.31. The van der Waals surface area contributed by atoms with Gasteiger partial charge in [0.2, 0.25) is 5.91 Å². The van der Waals surface area contributed by atoms with Crippen LogP contribution in [0.2, 0.25) is 0 Å². The molecule has 1 aliphatic heterocycles. The summed E-state index contributed by atoms with van der Waals surface area (Å²) >= 11 is 0. The van der Waals surface area contributed by atoms with Gasteiger partial charge in [-0.05, 0) is 45.4 Å². The summed E-state index contributed by atoms with van der Waals surface area (Å²) in [6.45, 7) is 8.63. The van der Waals surface area contributed by atoms with Gasteiger partial charge in [-0.15, -0.1) is 0 Å². The Labute approximate surface area is 106 Å². The van der Waals surface area contributed by atoms with Crippen LogP contribution in [0.15, 0.2) is 0 Å². The van der Waals surface area contributed by atoms with E-state index >= 15 is 0 Å². The van der Waals surface area contributed by atoms with E-state index in [1.165, 1.54) is 6.42 Å². The molecule has 17 heavy (non-hydrogen) atoms. The first kappa shape index (κ1) is 14.5. The molecule has 2 unspecified atom stereocenters. The zero-order chi connectivity index (χ0) is 12.9. The summed E-state index contributed by atoms with van der Waals surface area (Å²) in [5, 5.41) is 6.67. The van der Waals surface area contributed by atoms with Gasteiger partial charge in [0.1, 0.15) is 0 Å². The van der Waals surface area contributed by atoms with Crippen LogP contribution in [-0.2, 0) is 4.79 Å². The number of hydrogen-bond acceptors (Lipinski definition) is 2. The Kier molecular flexibility index (Phi) is 5.44. The molecule has 100 valence electrons. The topological polar surface area (TPSA) is 41.1 Å². The summed E-state index contributed by atoms with van der Waals surface area (Å²) in [6, 6.07) is 0.488. The van der Waals surface area contributed by atoms with Crippen LogP contribution >= 0.6 is 0 Å². The van der Waals surface area contributed by atoms with Crippen molar-refractivity contribution in [3.63, 3.8) is 0 Å². The smallest absolute Gasteiger partial charge is 0.237 e. The number of carbonyl (C=O) groups excluding carboxylic acids is 1. The van der Waals surface area contributed by atoms with Crippen LogP contribution in [0.4, 0.5) is 0 Å². The molecule has 0 bridgehead atoms. The van der Waals surface area contributed by atoms with Gasteiger partial charge < -0.3 is 10.6 Å². The molecule has 1 aliphatic rings. The SMILES string of the molecule is CCC(CC)(CC)NC(=O)C1CCCC(C)N1. The van der Waals surface area contributed by atoms with Gasteiger partial charge in [-0.25, -0.2) is 0 Å². The second-order valence-corrected chi connectivity index (χ2v) is 5.38. The highest BCUT2D eigenvalue weighted by molar-refractivity contribution is 5.82. The molecule has 0 aromatic carbocycles. The van der Waals surface area contributed by atoms with Gasteiger partial charge in [0.25, 0.3) is 0 Å². The van der Waals surface area contributed by atoms with Crippen molar-refractivity contribution in [3.05, 3.63) is 0 Å². The van der Waals surface area contributed by atoms with E-state index in [4.69, 9.17) is 0 Å². The Balaban J connectivity index is 2.57. The summed E-state index contributed by atoms with van der Waals surface area (Å²) in [6.07, 6.45) is 6.34. The van der Waals surface area contributed by atoms with Gasteiger partial charge >= 0.3 is 0 Å². The maximum atomic E-state index is 12.3. The number of piperidine rings is 1. The lowest BCUT2D eigenvalue weighted by Gasteiger charge is -2.35. The Bertz CT molecular complexity index is 240. The van der Waals surface area contributed by atoms with Gasteiger partial charge in [-0.1, -0.05) is 20.8 Å². The third-order valence-electron chi connectivity index (χ3n) is 4.35. The van der Waals surface area contributed by atoms with Crippen LogP contribution in [0.3, 0.4) is 0 Å². The number of amides is 1. The fourth-order valence-corrected chi connectivity index (χ4v) is 2.71. The molecule has 1 rings (SSSR count). The van der Waals surface area contributed by atoms with Crippen molar-refractivity contribution in [1.82, 2.24) is 10.6 Å². The van der Waals surface area contributed by atoms with Crippen LogP contribution < -0.4 is 10.6 Å². The quantitative estimate of drug-likeness (QED) is 0.775. The molecular formula is C14H28N2O. The van der Waals surface area contributed by atoms with E-state index in [1.807, 2.05) is 0 Å². The van der Waals surface area contributed by atoms with E-state index in [2.05, 4.69) is 38.3 Å². The normalized spacial score (nSPS) is 25.6. The molecule has 1 heterocycles. The summed E-state index contributed by atoms with van der Waals surface area (Å²) in [5.41, 5.74) is -0.000547. The predicted molar refractivity (Wildman–Crippen MR) is 72.0 cm³/mol. The fraction of sp³-hybridized carbons (Fsp3) is 0.929. The maximum Gasteiger partial charge on any atom is 0.237 e.